The van der Waals surface area contributed by atoms with Gasteiger partial charge in [0.25, 0.3) is 5.91 Å². The Kier molecular flexibility index (Phi) is 4.54. The van der Waals surface area contributed by atoms with E-state index >= 15 is 0 Å². The molecule has 0 bridgehead atoms. The molecule has 7 nitrogen and oxygen atoms in total. The SMILES string of the molecule is Nc1cc(C(=O)Nc2ncnc(-c3ccc(Cl)cc3Cl)n2)ccn1. The van der Waals surface area contributed by atoms with E-state index in [0.29, 0.717) is 27.0 Å². The van der Waals surface area contributed by atoms with Crippen LogP contribution in [0.15, 0.2) is 42.9 Å². The summed E-state index contributed by atoms with van der Waals surface area (Å²) in [6.07, 6.45) is 2.72. The van der Waals surface area contributed by atoms with E-state index in [4.69, 9.17) is 28.9 Å². The zero-order valence-electron chi connectivity index (χ0n) is 12.1. The number of anilines is 2. The van der Waals surface area contributed by atoms with Crippen LogP contribution in [0.2, 0.25) is 10.0 Å². The molecule has 24 heavy (non-hydrogen) atoms. The smallest absolute Gasteiger partial charge is 0.258 e. The second-order valence-corrected chi connectivity index (χ2v) is 5.52. The summed E-state index contributed by atoms with van der Waals surface area (Å²) < 4.78 is 0. The number of carbonyl (C=O) groups is 1. The second-order valence-electron chi connectivity index (χ2n) is 4.68. The number of pyridine rings is 1. The molecule has 0 spiro atoms. The van der Waals surface area contributed by atoms with Crippen molar-refractivity contribution in [1.82, 2.24) is 19.9 Å². The van der Waals surface area contributed by atoms with Crippen LogP contribution in [0.4, 0.5) is 11.8 Å². The van der Waals surface area contributed by atoms with Gasteiger partial charge >= 0.3 is 0 Å². The average Bonchev–Trinajstić information content (AvgIpc) is 2.55. The summed E-state index contributed by atoms with van der Waals surface area (Å²) in [4.78, 5) is 28.2. The molecule has 0 aliphatic carbocycles. The standard InChI is InChI=1S/C15H10Cl2N6O/c16-9-1-2-10(11(17)6-9)13-20-7-21-15(22-13)23-14(24)8-3-4-19-12(18)5-8/h1-7H,(H2,18,19)(H,20,21,22,23,24). The van der Waals surface area contributed by atoms with E-state index < -0.39 is 5.91 Å². The maximum Gasteiger partial charge on any atom is 0.258 e. The van der Waals surface area contributed by atoms with Gasteiger partial charge in [0.1, 0.15) is 12.1 Å². The van der Waals surface area contributed by atoms with Crippen LogP contribution in [0.3, 0.4) is 0 Å². The Hall–Kier alpha value is -2.77. The van der Waals surface area contributed by atoms with E-state index in [2.05, 4.69) is 25.3 Å². The highest BCUT2D eigenvalue weighted by atomic mass is 35.5. The van der Waals surface area contributed by atoms with Crippen LogP contribution < -0.4 is 11.1 Å². The Morgan fingerprint density at radius 3 is 2.67 bits per heavy atom. The van der Waals surface area contributed by atoms with Crippen molar-refractivity contribution < 1.29 is 4.79 Å². The van der Waals surface area contributed by atoms with Gasteiger partial charge in [0.05, 0.1) is 5.02 Å². The van der Waals surface area contributed by atoms with Crippen molar-refractivity contribution in [1.29, 1.82) is 0 Å². The monoisotopic (exact) mass is 360 g/mol. The summed E-state index contributed by atoms with van der Waals surface area (Å²) in [5.41, 5.74) is 6.48. The number of nitrogens with two attached hydrogens (primary N) is 1. The molecule has 1 aromatic carbocycles. The van der Waals surface area contributed by atoms with Gasteiger partial charge in [0.2, 0.25) is 5.95 Å². The van der Waals surface area contributed by atoms with Crippen molar-refractivity contribution in [2.45, 2.75) is 0 Å². The van der Waals surface area contributed by atoms with Gasteiger partial charge in [-0.3, -0.25) is 10.1 Å². The predicted molar refractivity (Wildman–Crippen MR) is 91.9 cm³/mol. The largest absolute Gasteiger partial charge is 0.384 e. The molecule has 0 aliphatic rings. The molecular weight excluding hydrogens is 351 g/mol. The molecule has 0 fully saturated rings. The molecule has 3 rings (SSSR count). The van der Waals surface area contributed by atoms with Gasteiger partial charge in [-0.1, -0.05) is 23.2 Å². The number of hydrogen-bond acceptors (Lipinski definition) is 6. The molecule has 3 aromatic rings. The molecule has 0 radical (unpaired) electrons. The normalized spacial score (nSPS) is 10.4. The minimum Gasteiger partial charge on any atom is -0.384 e. The van der Waals surface area contributed by atoms with E-state index in [1.165, 1.54) is 24.7 Å². The number of nitrogens with one attached hydrogen (secondary N) is 1. The zero-order valence-corrected chi connectivity index (χ0v) is 13.6. The van der Waals surface area contributed by atoms with Gasteiger partial charge in [-0.25, -0.2) is 15.0 Å². The second kappa shape index (κ2) is 6.77. The van der Waals surface area contributed by atoms with Gasteiger partial charge in [0, 0.05) is 22.3 Å². The number of benzene rings is 1. The van der Waals surface area contributed by atoms with Gasteiger partial charge in [-0.2, -0.15) is 4.98 Å². The first kappa shape index (κ1) is 16.1. The van der Waals surface area contributed by atoms with Crippen LogP contribution in [0.5, 0.6) is 0 Å². The number of aromatic nitrogens is 4. The Balaban J connectivity index is 1.87. The third kappa shape index (κ3) is 3.58. The van der Waals surface area contributed by atoms with E-state index in [0.717, 1.165) is 0 Å². The maximum absolute atomic E-state index is 12.2. The van der Waals surface area contributed by atoms with Crippen molar-refractivity contribution in [2.75, 3.05) is 11.1 Å². The molecule has 1 amide bonds. The van der Waals surface area contributed by atoms with Gasteiger partial charge in [-0.15, -0.1) is 0 Å². The summed E-state index contributed by atoms with van der Waals surface area (Å²) >= 11 is 12.0. The zero-order chi connectivity index (χ0) is 17.1. The summed E-state index contributed by atoms with van der Waals surface area (Å²) in [7, 11) is 0. The highest BCUT2D eigenvalue weighted by Gasteiger charge is 2.12. The summed E-state index contributed by atoms with van der Waals surface area (Å²) in [6, 6.07) is 7.93. The fourth-order valence-electron chi connectivity index (χ4n) is 1.92. The number of hydrogen-bond donors (Lipinski definition) is 2. The molecule has 3 N–H and O–H groups in total. The van der Waals surface area contributed by atoms with Gasteiger partial charge in [-0.05, 0) is 30.3 Å². The lowest BCUT2D eigenvalue weighted by Gasteiger charge is -2.06. The molecule has 0 aliphatic heterocycles. The van der Waals surface area contributed by atoms with Crippen molar-refractivity contribution >= 4 is 40.9 Å². The topological polar surface area (TPSA) is 107 Å². The number of amides is 1. The van der Waals surface area contributed by atoms with Crippen molar-refractivity contribution in [3.63, 3.8) is 0 Å². The molecule has 2 aromatic heterocycles. The first-order valence-electron chi connectivity index (χ1n) is 6.70. The Morgan fingerprint density at radius 1 is 1.08 bits per heavy atom. The minimum absolute atomic E-state index is 0.0893. The fraction of sp³-hybridized carbons (Fsp3) is 0. The van der Waals surface area contributed by atoms with Crippen LogP contribution in [-0.4, -0.2) is 25.8 Å². The summed E-state index contributed by atoms with van der Waals surface area (Å²) in [6.45, 7) is 0. The van der Waals surface area contributed by atoms with Crippen LogP contribution in [-0.2, 0) is 0 Å². The number of nitrogens with zero attached hydrogens (tertiary/aromatic N) is 4. The van der Waals surface area contributed by atoms with Crippen LogP contribution in [0.25, 0.3) is 11.4 Å². The molecule has 0 atom stereocenters. The lowest BCUT2D eigenvalue weighted by Crippen LogP contribution is -2.15. The first-order valence-corrected chi connectivity index (χ1v) is 7.46. The third-order valence-corrected chi connectivity index (χ3v) is 3.56. The van der Waals surface area contributed by atoms with Crippen LogP contribution in [0.1, 0.15) is 10.4 Å². The lowest BCUT2D eigenvalue weighted by atomic mass is 10.2. The quantitative estimate of drug-likeness (QED) is 0.743. The van der Waals surface area contributed by atoms with Crippen LogP contribution in [0, 0.1) is 0 Å². The molecule has 9 heteroatoms. The van der Waals surface area contributed by atoms with Crippen molar-refractivity contribution in [3.05, 3.63) is 58.5 Å². The summed E-state index contributed by atoms with van der Waals surface area (Å²) in [5.74, 6) is 0.234. The van der Waals surface area contributed by atoms with E-state index in [9.17, 15) is 4.79 Å². The maximum atomic E-state index is 12.2. The summed E-state index contributed by atoms with van der Waals surface area (Å²) in [5, 5.41) is 3.47. The molecular formula is C15H10Cl2N6O. The number of halogens is 2. The number of rotatable bonds is 3. The minimum atomic E-state index is -0.413. The predicted octanol–water partition coefficient (Wildman–Crippen LogP) is 3.07. The lowest BCUT2D eigenvalue weighted by molar-refractivity contribution is 0.102. The van der Waals surface area contributed by atoms with E-state index in [-0.39, 0.29) is 11.8 Å². The molecule has 0 saturated heterocycles. The fourth-order valence-corrected chi connectivity index (χ4v) is 2.41. The number of carbonyl (C=O) groups excluding carboxylic acids is 1. The van der Waals surface area contributed by atoms with Crippen LogP contribution >= 0.6 is 23.2 Å². The highest BCUT2D eigenvalue weighted by Crippen LogP contribution is 2.28. The first-order chi connectivity index (χ1) is 11.5. The average molecular weight is 361 g/mol. The third-order valence-electron chi connectivity index (χ3n) is 3.01. The molecule has 120 valence electrons. The van der Waals surface area contributed by atoms with Crippen molar-refractivity contribution in [3.8, 4) is 11.4 Å². The molecule has 2 heterocycles. The highest BCUT2D eigenvalue weighted by molar-refractivity contribution is 6.36. The Morgan fingerprint density at radius 2 is 1.92 bits per heavy atom. The van der Waals surface area contributed by atoms with Crippen molar-refractivity contribution in [2.24, 2.45) is 0 Å². The Bertz CT molecular complexity index is 918. The van der Waals surface area contributed by atoms with E-state index in [1.807, 2.05) is 0 Å². The number of nitrogen functional groups attached to an aromatic ring is 1. The molecule has 0 unspecified atom stereocenters. The van der Waals surface area contributed by atoms with E-state index in [1.54, 1.807) is 18.2 Å². The van der Waals surface area contributed by atoms with Gasteiger partial charge in [0.15, 0.2) is 5.82 Å². The molecule has 0 saturated carbocycles. The Labute approximate surface area is 146 Å². The van der Waals surface area contributed by atoms with Gasteiger partial charge < -0.3 is 5.73 Å².